The zero-order chi connectivity index (χ0) is 23.9. The van der Waals surface area contributed by atoms with Crippen molar-refractivity contribution >= 4 is 40.2 Å². The molecule has 0 N–H and O–H groups in total. The minimum atomic E-state index is -0.473. The zero-order valence-electron chi connectivity index (χ0n) is 18.2. The Morgan fingerprint density at radius 2 is 1.76 bits per heavy atom. The molecule has 3 aromatic carbocycles. The van der Waals surface area contributed by atoms with Crippen LogP contribution in [0.3, 0.4) is 0 Å². The molecule has 0 aliphatic carbocycles. The third-order valence-corrected chi connectivity index (χ3v) is 5.23. The molecule has 0 aliphatic rings. The molecular formula is C26H20Cl2N2O4. The van der Waals surface area contributed by atoms with E-state index in [1.165, 1.54) is 0 Å². The Morgan fingerprint density at radius 1 is 1.00 bits per heavy atom. The second-order valence-electron chi connectivity index (χ2n) is 7.24. The average molecular weight is 495 g/mol. The lowest BCUT2D eigenvalue weighted by Gasteiger charge is -2.12. The van der Waals surface area contributed by atoms with E-state index >= 15 is 0 Å². The fraction of sp³-hybridized carbons (Fsp3) is 0.115. The van der Waals surface area contributed by atoms with Crippen molar-refractivity contribution in [1.29, 1.82) is 0 Å². The first-order valence-electron chi connectivity index (χ1n) is 10.4. The number of aromatic nitrogens is 2. The maximum absolute atomic E-state index is 12.0. The lowest BCUT2D eigenvalue weighted by atomic mass is 10.2. The Kier molecular flexibility index (Phi) is 7.62. The van der Waals surface area contributed by atoms with Crippen LogP contribution >= 0.6 is 23.2 Å². The van der Waals surface area contributed by atoms with Gasteiger partial charge >= 0.3 is 5.97 Å². The van der Waals surface area contributed by atoms with E-state index in [1.807, 2.05) is 6.92 Å². The Hall–Kier alpha value is -3.61. The summed E-state index contributed by atoms with van der Waals surface area (Å²) in [6.07, 6.45) is 4.85. The molecule has 1 atom stereocenters. The molecule has 6 nitrogen and oxygen atoms in total. The molecule has 1 aromatic heterocycles. The minimum absolute atomic E-state index is 0.115. The SMILES string of the molecule is CC(C=CCOC(=O)c1ccccc1Cl)Oc1ccc(Oc2cnc3cc(Cl)ccc3n2)cc1. The van der Waals surface area contributed by atoms with E-state index in [1.54, 1.807) is 85.1 Å². The molecule has 0 saturated carbocycles. The third-order valence-electron chi connectivity index (χ3n) is 4.66. The van der Waals surface area contributed by atoms with Gasteiger partial charge in [0.25, 0.3) is 0 Å². The van der Waals surface area contributed by atoms with Crippen molar-refractivity contribution in [2.75, 3.05) is 6.61 Å². The Balaban J connectivity index is 1.27. The van der Waals surface area contributed by atoms with Crippen LogP contribution in [0, 0.1) is 0 Å². The summed E-state index contributed by atoms with van der Waals surface area (Å²) in [4.78, 5) is 20.8. The lowest BCUT2D eigenvalue weighted by Crippen LogP contribution is -2.09. The summed E-state index contributed by atoms with van der Waals surface area (Å²) in [5.41, 5.74) is 1.73. The maximum Gasteiger partial charge on any atom is 0.339 e. The first-order chi connectivity index (χ1) is 16.5. The summed E-state index contributed by atoms with van der Waals surface area (Å²) in [5.74, 6) is 1.17. The van der Waals surface area contributed by atoms with Crippen LogP contribution in [-0.2, 0) is 4.74 Å². The van der Waals surface area contributed by atoms with Crippen molar-refractivity contribution in [2.24, 2.45) is 0 Å². The van der Waals surface area contributed by atoms with E-state index in [4.69, 9.17) is 37.4 Å². The molecule has 1 unspecified atom stereocenters. The van der Waals surface area contributed by atoms with E-state index in [2.05, 4.69) is 9.97 Å². The fourth-order valence-electron chi connectivity index (χ4n) is 3.05. The van der Waals surface area contributed by atoms with E-state index < -0.39 is 5.97 Å². The van der Waals surface area contributed by atoms with Crippen LogP contribution in [-0.4, -0.2) is 28.6 Å². The molecular weight excluding hydrogens is 475 g/mol. The topological polar surface area (TPSA) is 70.5 Å². The number of esters is 1. The molecule has 34 heavy (non-hydrogen) atoms. The highest BCUT2D eigenvalue weighted by molar-refractivity contribution is 6.33. The van der Waals surface area contributed by atoms with Crippen LogP contribution in [0.15, 0.2) is 85.1 Å². The number of fused-ring (bicyclic) bond motifs is 1. The Morgan fingerprint density at radius 3 is 2.56 bits per heavy atom. The average Bonchev–Trinajstić information content (AvgIpc) is 2.83. The minimum Gasteiger partial charge on any atom is -0.487 e. The maximum atomic E-state index is 12.0. The predicted molar refractivity (Wildman–Crippen MR) is 132 cm³/mol. The summed E-state index contributed by atoms with van der Waals surface area (Å²) in [7, 11) is 0. The number of nitrogens with zero attached hydrogens (tertiary/aromatic N) is 2. The van der Waals surface area contributed by atoms with Gasteiger partial charge in [0, 0.05) is 5.02 Å². The first kappa shape index (κ1) is 23.5. The molecule has 0 amide bonds. The number of hydrogen-bond donors (Lipinski definition) is 0. The van der Waals surface area contributed by atoms with Gasteiger partial charge < -0.3 is 14.2 Å². The monoisotopic (exact) mass is 494 g/mol. The van der Waals surface area contributed by atoms with E-state index in [-0.39, 0.29) is 12.7 Å². The second-order valence-corrected chi connectivity index (χ2v) is 8.09. The van der Waals surface area contributed by atoms with Gasteiger partial charge in [-0.2, -0.15) is 0 Å². The lowest BCUT2D eigenvalue weighted by molar-refractivity contribution is 0.0549. The molecule has 8 heteroatoms. The van der Waals surface area contributed by atoms with Gasteiger partial charge in [0.15, 0.2) is 0 Å². The fourth-order valence-corrected chi connectivity index (χ4v) is 3.43. The standard InChI is InChI=1S/C26H20Cl2N2O4/c1-17(5-4-14-32-26(31)21-6-2-3-7-22(21)28)33-19-9-11-20(12-10-19)34-25-16-29-24-15-18(27)8-13-23(24)30-25/h2-13,15-17H,14H2,1H3. The van der Waals surface area contributed by atoms with Crippen LogP contribution in [0.2, 0.25) is 10.0 Å². The molecule has 0 saturated heterocycles. The summed E-state index contributed by atoms with van der Waals surface area (Å²) >= 11 is 12.0. The van der Waals surface area contributed by atoms with Gasteiger partial charge in [-0.3, -0.25) is 0 Å². The molecule has 0 fully saturated rings. The molecule has 4 rings (SSSR count). The highest BCUT2D eigenvalue weighted by Gasteiger charge is 2.10. The smallest absolute Gasteiger partial charge is 0.339 e. The molecule has 0 spiro atoms. The molecule has 4 aromatic rings. The largest absolute Gasteiger partial charge is 0.487 e. The molecule has 0 bridgehead atoms. The summed E-state index contributed by atoms with van der Waals surface area (Å²) < 4.78 is 16.9. The highest BCUT2D eigenvalue weighted by Crippen LogP contribution is 2.25. The van der Waals surface area contributed by atoms with Crippen molar-refractivity contribution in [1.82, 2.24) is 9.97 Å². The van der Waals surface area contributed by atoms with Gasteiger partial charge in [-0.25, -0.2) is 14.8 Å². The Bertz CT molecular complexity index is 1330. The first-order valence-corrected chi connectivity index (χ1v) is 11.2. The summed E-state index contributed by atoms with van der Waals surface area (Å²) in [6.45, 7) is 2.00. The normalized spacial score (nSPS) is 12.0. The van der Waals surface area contributed by atoms with Gasteiger partial charge in [-0.05, 0) is 73.7 Å². The third kappa shape index (κ3) is 6.25. The van der Waals surface area contributed by atoms with Crippen LogP contribution in [0.4, 0.5) is 0 Å². The molecule has 0 aliphatic heterocycles. The van der Waals surface area contributed by atoms with Gasteiger partial charge in [0.2, 0.25) is 5.88 Å². The van der Waals surface area contributed by atoms with Crippen molar-refractivity contribution < 1.29 is 19.0 Å². The molecule has 0 radical (unpaired) electrons. The van der Waals surface area contributed by atoms with Gasteiger partial charge in [-0.15, -0.1) is 0 Å². The number of carbonyl (C=O) groups excluding carboxylic acids is 1. The van der Waals surface area contributed by atoms with E-state index in [9.17, 15) is 4.79 Å². The quantitative estimate of drug-likeness (QED) is 0.195. The number of benzene rings is 3. The number of ether oxygens (including phenoxy) is 3. The van der Waals surface area contributed by atoms with Gasteiger partial charge in [0.05, 0.1) is 27.8 Å². The summed E-state index contributed by atoms with van der Waals surface area (Å²) in [6, 6.07) is 19.2. The van der Waals surface area contributed by atoms with E-state index in [0.29, 0.717) is 44.0 Å². The number of carbonyl (C=O) groups is 1. The van der Waals surface area contributed by atoms with Crippen molar-refractivity contribution in [3.63, 3.8) is 0 Å². The van der Waals surface area contributed by atoms with E-state index in [0.717, 1.165) is 0 Å². The highest BCUT2D eigenvalue weighted by atomic mass is 35.5. The molecule has 1 heterocycles. The number of rotatable bonds is 8. The van der Waals surface area contributed by atoms with Crippen LogP contribution in [0.5, 0.6) is 17.4 Å². The second kappa shape index (κ2) is 11.0. The van der Waals surface area contributed by atoms with Gasteiger partial charge in [0.1, 0.15) is 24.2 Å². The number of hydrogen-bond acceptors (Lipinski definition) is 6. The van der Waals surface area contributed by atoms with Crippen molar-refractivity contribution in [3.8, 4) is 17.4 Å². The van der Waals surface area contributed by atoms with Gasteiger partial charge in [-0.1, -0.05) is 35.3 Å². The van der Waals surface area contributed by atoms with Crippen molar-refractivity contribution in [2.45, 2.75) is 13.0 Å². The predicted octanol–water partition coefficient (Wildman–Crippen LogP) is 6.91. The van der Waals surface area contributed by atoms with Crippen LogP contribution in [0.1, 0.15) is 17.3 Å². The number of halogens is 2. The zero-order valence-corrected chi connectivity index (χ0v) is 19.7. The summed E-state index contributed by atoms with van der Waals surface area (Å²) in [5, 5.41) is 0.964. The molecule has 172 valence electrons. The Labute approximate surface area is 206 Å². The van der Waals surface area contributed by atoms with Crippen LogP contribution in [0.25, 0.3) is 11.0 Å². The van der Waals surface area contributed by atoms with Crippen molar-refractivity contribution in [3.05, 3.63) is 101 Å². The van der Waals surface area contributed by atoms with Crippen LogP contribution < -0.4 is 9.47 Å².